The normalized spacial score (nSPS) is 25.1. The van der Waals surface area contributed by atoms with Crippen molar-refractivity contribution in [2.45, 2.75) is 6.92 Å². The molecule has 2 aliphatic heterocycles. The quantitative estimate of drug-likeness (QED) is 0.888. The fourth-order valence-electron chi connectivity index (χ4n) is 3.19. The smallest absolute Gasteiger partial charge is 0.238 e. The molecule has 3 rings (SSSR count). The molecule has 110 valence electrons. The number of aryl methyl sites for hydroxylation is 1. The summed E-state index contributed by atoms with van der Waals surface area (Å²) in [6.45, 7) is 6.86. The van der Waals surface area contributed by atoms with Gasteiger partial charge in [0.25, 0.3) is 0 Å². The van der Waals surface area contributed by atoms with Gasteiger partial charge in [-0.3, -0.25) is 9.69 Å². The van der Waals surface area contributed by atoms with E-state index in [4.69, 9.17) is 0 Å². The molecule has 0 saturated carbocycles. The summed E-state index contributed by atoms with van der Waals surface area (Å²) in [7, 11) is 0. The molecule has 0 radical (unpaired) electrons. The Morgan fingerprint density at radius 3 is 2.60 bits per heavy atom. The van der Waals surface area contributed by atoms with Gasteiger partial charge in [-0.2, -0.15) is 0 Å². The molecule has 2 heterocycles. The summed E-state index contributed by atoms with van der Waals surface area (Å²) in [5.41, 5.74) is 2.03. The lowest BCUT2D eigenvalue weighted by molar-refractivity contribution is -0.117. The molecule has 0 unspecified atom stereocenters. The molecule has 1 aromatic rings. The number of benzene rings is 1. The van der Waals surface area contributed by atoms with Gasteiger partial charge in [-0.25, -0.2) is 0 Å². The third-order valence-corrected chi connectivity index (χ3v) is 4.25. The predicted octanol–water partition coefficient (Wildman–Crippen LogP) is 1.51. The third-order valence-electron chi connectivity index (χ3n) is 4.25. The van der Waals surface area contributed by atoms with Crippen LogP contribution in [0.5, 0.6) is 0 Å². The van der Waals surface area contributed by atoms with E-state index in [2.05, 4.69) is 15.5 Å². The summed E-state index contributed by atoms with van der Waals surface area (Å²) in [6.07, 6.45) is 0. The van der Waals surface area contributed by atoms with Crippen molar-refractivity contribution in [2.75, 3.05) is 38.0 Å². The van der Waals surface area contributed by atoms with Crippen LogP contribution >= 0.6 is 12.4 Å². The van der Waals surface area contributed by atoms with Gasteiger partial charge in [-0.05, 0) is 43.5 Å². The van der Waals surface area contributed by atoms with E-state index >= 15 is 0 Å². The number of rotatable bonds is 3. The lowest BCUT2D eigenvalue weighted by Crippen LogP contribution is -2.33. The molecule has 0 aliphatic carbocycles. The van der Waals surface area contributed by atoms with Crippen molar-refractivity contribution >= 4 is 24.0 Å². The minimum absolute atomic E-state index is 0. The number of nitrogens with zero attached hydrogens (tertiary/aromatic N) is 1. The van der Waals surface area contributed by atoms with Crippen LogP contribution in [0, 0.1) is 18.8 Å². The highest BCUT2D eigenvalue weighted by Gasteiger charge is 2.36. The molecule has 2 atom stereocenters. The van der Waals surface area contributed by atoms with E-state index in [0.717, 1.165) is 49.3 Å². The summed E-state index contributed by atoms with van der Waals surface area (Å²) in [5, 5.41) is 6.42. The SMILES string of the molecule is Cc1ccccc1NC(=O)CN1C[C@H]2CNC[C@H]2C1.Cl. The van der Waals surface area contributed by atoms with E-state index < -0.39 is 0 Å². The van der Waals surface area contributed by atoms with E-state index in [1.54, 1.807) is 0 Å². The second-order valence-electron chi connectivity index (χ2n) is 5.74. The van der Waals surface area contributed by atoms with Crippen molar-refractivity contribution < 1.29 is 4.79 Å². The van der Waals surface area contributed by atoms with Crippen molar-refractivity contribution in [3.63, 3.8) is 0 Å². The second kappa shape index (κ2) is 6.57. The van der Waals surface area contributed by atoms with Gasteiger partial charge in [-0.1, -0.05) is 18.2 Å². The number of carbonyl (C=O) groups excluding carboxylic acids is 1. The van der Waals surface area contributed by atoms with E-state index in [9.17, 15) is 4.79 Å². The summed E-state index contributed by atoms with van der Waals surface area (Å²) in [6, 6.07) is 7.91. The van der Waals surface area contributed by atoms with Crippen LogP contribution in [0.2, 0.25) is 0 Å². The molecule has 0 spiro atoms. The molecule has 2 N–H and O–H groups in total. The summed E-state index contributed by atoms with van der Waals surface area (Å²) >= 11 is 0. The Bertz CT molecular complexity index is 468. The number of carbonyl (C=O) groups is 1. The van der Waals surface area contributed by atoms with E-state index in [0.29, 0.717) is 6.54 Å². The Kier molecular flexibility index (Phi) is 5.02. The lowest BCUT2D eigenvalue weighted by Gasteiger charge is -2.17. The first-order valence-corrected chi connectivity index (χ1v) is 7.01. The highest BCUT2D eigenvalue weighted by molar-refractivity contribution is 5.92. The van der Waals surface area contributed by atoms with Gasteiger partial charge in [0.15, 0.2) is 0 Å². The molecule has 2 aliphatic rings. The van der Waals surface area contributed by atoms with Crippen LogP contribution in [-0.2, 0) is 4.79 Å². The van der Waals surface area contributed by atoms with Gasteiger partial charge in [0.05, 0.1) is 6.54 Å². The average molecular weight is 296 g/mol. The zero-order valence-electron chi connectivity index (χ0n) is 11.8. The van der Waals surface area contributed by atoms with Gasteiger partial charge in [-0.15, -0.1) is 12.4 Å². The van der Waals surface area contributed by atoms with Gasteiger partial charge in [0.2, 0.25) is 5.91 Å². The summed E-state index contributed by atoms with van der Waals surface area (Å²) in [5.74, 6) is 1.58. The minimum Gasteiger partial charge on any atom is -0.325 e. The predicted molar refractivity (Wildman–Crippen MR) is 83.3 cm³/mol. The molecule has 0 aromatic heterocycles. The fourth-order valence-corrected chi connectivity index (χ4v) is 3.19. The zero-order valence-corrected chi connectivity index (χ0v) is 12.6. The average Bonchev–Trinajstić information content (AvgIpc) is 2.92. The molecule has 1 amide bonds. The van der Waals surface area contributed by atoms with Crippen molar-refractivity contribution in [1.29, 1.82) is 0 Å². The number of fused-ring (bicyclic) bond motifs is 1. The Hall–Kier alpha value is -1.10. The first-order valence-electron chi connectivity index (χ1n) is 7.01. The van der Waals surface area contributed by atoms with Crippen LogP contribution in [0.4, 0.5) is 5.69 Å². The number of halogens is 1. The molecule has 20 heavy (non-hydrogen) atoms. The molecule has 1 aromatic carbocycles. The van der Waals surface area contributed by atoms with Crippen LogP contribution in [0.25, 0.3) is 0 Å². The largest absolute Gasteiger partial charge is 0.325 e. The maximum Gasteiger partial charge on any atom is 0.238 e. The number of para-hydroxylation sites is 1. The second-order valence-corrected chi connectivity index (χ2v) is 5.74. The Morgan fingerprint density at radius 1 is 1.30 bits per heavy atom. The van der Waals surface area contributed by atoms with Gasteiger partial charge in [0.1, 0.15) is 0 Å². The number of hydrogen-bond donors (Lipinski definition) is 2. The highest BCUT2D eigenvalue weighted by atomic mass is 35.5. The summed E-state index contributed by atoms with van der Waals surface area (Å²) in [4.78, 5) is 14.4. The zero-order chi connectivity index (χ0) is 13.2. The monoisotopic (exact) mass is 295 g/mol. The van der Waals surface area contributed by atoms with Crippen molar-refractivity contribution in [3.8, 4) is 0 Å². The van der Waals surface area contributed by atoms with E-state index in [-0.39, 0.29) is 18.3 Å². The standard InChI is InChI=1S/C15H21N3O.ClH/c1-11-4-2-3-5-14(11)17-15(19)10-18-8-12-6-16-7-13(12)9-18;/h2-5,12-13,16H,6-10H2,1H3,(H,17,19);1H/t12-,13+;. The third kappa shape index (κ3) is 3.32. The van der Waals surface area contributed by atoms with Crippen LogP contribution < -0.4 is 10.6 Å². The molecule has 4 nitrogen and oxygen atoms in total. The van der Waals surface area contributed by atoms with Crippen molar-refractivity contribution in [2.24, 2.45) is 11.8 Å². The van der Waals surface area contributed by atoms with Crippen molar-refractivity contribution in [1.82, 2.24) is 10.2 Å². The lowest BCUT2D eigenvalue weighted by atomic mass is 10.0. The van der Waals surface area contributed by atoms with Crippen LogP contribution in [0.15, 0.2) is 24.3 Å². The fraction of sp³-hybridized carbons (Fsp3) is 0.533. The molecular formula is C15H22ClN3O. The van der Waals surface area contributed by atoms with Crippen molar-refractivity contribution in [3.05, 3.63) is 29.8 Å². The van der Waals surface area contributed by atoms with Gasteiger partial charge in [0, 0.05) is 18.8 Å². The van der Waals surface area contributed by atoms with E-state index in [1.807, 2.05) is 31.2 Å². The summed E-state index contributed by atoms with van der Waals surface area (Å²) < 4.78 is 0. The maximum atomic E-state index is 12.1. The topological polar surface area (TPSA) is 44.4 Å². The Labute approximate surface area is 126 Å². The molecule has 5 heteroatoms. The first-order chi connectivity index (χ1) is 9.22. The van der Waals surface area contributed by atoms with Gasteiger partial charge >= 0.3 is 0 Å². The maximum absolute atomic E-state index is 12.1. The minimum atomic E-state index is 0. The number of nitrogens with one attached hydrogen (secondary N) is 2. The van der Waals surface area contributed by atoms with E-state index in [1.165, 1.54) is 0 Å². The highest BCUT2D eigenvalue weighted by Crippen LogP contribution is 2.25. The Balaban J connectivity index is 0.00000147. The number of hydrogen-bond acceptors (Lipinski definition) is 3. The number of likely N-dealkylation sites (tertiary alicyclic amines) is 1. The Morgan fingerprint density at radius 2 is 1.95 bits per heavy atom. The first kappa shape index (κ1) is 15.3. The molecule has 2 fully saturated rings. The molecular weight excluding hydrogens is 274 g/mol. The van der Waals surface area contributed by atoms with Gasteiger partial charge < -0.3 is 10.6 Å². The van der Waals surface area contributed by atoms with Crippen LogP contribution in [-0.4, -0.2) is 43.5 Å². The molecule has 2 saturated heterocycles. The number of amides is 1. The number of anilines is 1. The van der Waals surface area contributed by atoms with Crippen LogP contribution in [0.3, 0.4) is 0 Å². The molecule has 0 bridgehead atoms. The van der Waals surface area contributed by atoms with Crippen LogP contribution in [0.1, 0.15) is 5.56 Å².